The highest BCUT2D eigenvalue weighted by Gasteiger charge is 2.24. The lowest BCUT2D eigenvalue weighted by Gasteiger charge is -2.25. The van der Waals surface area contributed by atoms with Crippen LogP contribution in [0.3, 0.4) is 0 Å². The average molecular weight is 316 g/mol. The Balaban J connectivity index is 2.10. The Morgan fingerprint density at radius 2 is 2.14 bits per heavy atom. The van der Waals surface area contributed by atoms with Gasteiger partial charge in [-0.15, -0.1) is 0 Å². The third-order valence-corrected chi connectivity index (χ3v) is 5.37. The lowest BCUT2D eigenvalue weighted by Crippen LogP contribution is -2.33. The number of nitrogens with one attached hydrogen (secondary N) is 1. The van der Waals surface area contributed by atoms with Crippen LogP contribution >= 0.6 is 0 Å². The third kappa shape index (κ3) is 3.93. The van der Waals surface area contributed by atoms with Gasteiger partial charge in [0.2, 0.25) is 10.0 Å². The highest BCUT2D eigenvalue weighted by Crippen LogP contribution is 2.25. The van der Waals surface area contributed by atoms with Crippen molar-refractivity contribution in [1.82, 2.24) is 4.72 Å². The molecule has 1 aliphatic carbocycles. The molecule has 0 radical (unpaired) electrons. The summed E-state index contributed by atoms with van der Waals surface area (Å²) in [6, 6.07) is 2.26. The van der Waals surface area contributed by atoms with E-state index in [0.717, 1.165) is 31.4 Å². The van der Waals surface area contributed by atoms with Crippen LogP contribution in [0.4, 0.5) is 10.1 Å². The first-order valence-electron chi connectivity index (χ1n) is 7.03. The minimum Gasteiger partial charge on any atom is -0.398 e. The van der Waals surface area contributed by atoms with Crippen LogP contribution in [-0.2, 0) is 10.0 Å². The van der Waals surface area contributed by atoms with Crippen molar-refractivity contribution in [2.24, 2.45) is 5.92 Å². The fourth-order valence-corrected chi connectivity index (χ4v) is 3.84. The molecule has 1 aliphatic rings. The summed E-state index contributed by atoms with van der Waals surface area (Å²) in [6.07, 6.45) is 2.69. The predicted octanol–water partition coefficient (Wildman–Crippen LogP) is 1.55. The maximum Gasteiger partial charge on any atom is 0.243 e. The summed E-state index contributed by atoms with van der Waals surface area (Å²) < 4.78 is 40.6. The van der Waals surface area contributed by atoms with E-state index in [1.807, 2.05) is 0 Å². The summed E-state index contributed by atoms with van der Waals surface area (Å²) in [5, 5.41) is 9.58. The summed E-state index contributed by atoms with van der Waals surface area (Å²) in [5.41, 5.74) is 6.39. The van der Waals surface area contributed by atoms with Gasteiger partial charge in [-0.25, -0.2) is 17.5 Å². The highest BCUT2D eigenvalue weighted by molar-refractivity contribution is 7.89. The number of nitrogen functional groups attached to an aromatic ring is 1. The largest absolute Gasteiger partial charge is 0.398 e. The number of benzene rings is 1. The first-order chi connectivity index (χ1) is 9.79. The molecule has 0 heterocycles. The molecule has 1 fully saturated rings. The summed E-state index contributed by atoms with van der Waals surface area (Å²) in [4.78, 5) is -0.429. The predicted molar refractivity (Wildman–Crippen MR) is 78.7 cm³/mol. The molecule has 0 saturated heterocycles. The Hall–Kier alpha value is -1.18. The summed E-state index contributed by atoms with van der Waals surface area (Å²) in [6.45, 7) is 1.82. The maximum absolute atomic E-state index is 13.8. The number of sulfonamides is 1. The zero-order valence-corrected chi connectivity index (χ0v) is 12.8. The standard InChI is InChI=1S/C14H21FN2O3S/c1-9-5-12(15)14(7-13(9)16)21(19,20)17-8-10-3-2-4-11(18)6-10/h5,7,10-11,17-18H,2-4,6,8,16H2,1H3. The zero-order valence-electron chi connectivity index (χ0n) is 12.0. The van der Waals surface area contributed by atoms with E-state index in [1.54, 1.807) is 6.92 Å². The van der Waals surface area contributed by atoms with Crippen molar-refractivity contribution in [3.05, 3.63) is 23.5 Å². The number of anilines is 1. The molecule has 0 spiro atoms. The van der Waals surface area contributed by atoms with Crippen molar-refractivity contribution >= 4 is 15.7 Å². The molecule has 4 N–H and O–H groups in total. The number of aliphatic hydroxyl groups is 1. The first-order valence-corrected chi connectivity index (χ1v) is 8.51. The summed E-state index contributed by atoms with van der Waals surface area (Å²) in [7, 11) is -3.93. The molecule has 118 valence electrons. The van der Waals surface area contributed by atoms with Gasteiger partial charge >= 0.3 is 0 Å². The van der Waals surface area contributed by atoms with Crippen molar-refractivity contribution in [1.29, 1.82) is 0 Å². The van der Waals surface area contributed by atoms with E-state index in [2.05, 4.69) is 4.72 Å². The molecule has 0 aliphatic heterocycles. The van der Waals surface area contributed by atoms with Gasteiger partial charge in [0.1, 0.15) is 10.7 Å². The molecule has 0 amide bonds. The first kappa shape index (κ1) is 16.2. The number of rotatable bonds is 4. The van der Waals surface area contributed by atoms with Gasteiger partial charge in [-0.2, -0.15) is 0 Å². The molecule has 0 bridgehead atoms. The van der Waals surface area contributed by atoms with Crippen LogP contribution in [0.15, 0.2) is 17.0 Å². The Bertz CT molecular complexity index is 619. The second kappa shape index (κ2) is 6.29. The van der Waals surface area contributed by atoms with E-state index in [1.165, 1.54) is 0 Å². The van der Waals surface area contributed by atoms with Crippen molar-refractivity contribution in [2.75, 3.05) is 12.3 Å². The number of hydrogen-bond acceptors (Lipinski definition) is 4. The van der Waals surface area contributed by atoms with Crippen molar-refractivity contribution < 1.29 is 17.9 Å². The van der Waals surface area contributed by atoms with Crippen LogP contribution in [-0.4, -0.2) is 26.2 Å². The Morgan fingerprint density at radius 3 is 2.81 bits per heavy atom. The Morgan fingerprint density at radius 1 is 1.43 bits per heavy atom. The fourth-order valence-electron chi connectivity index (χ4n) is 2.63. The van der Waals surface area contributed by atoms with Gasteiger partial charge < -0.3 is 10.8 Å². The molecule has 2 rings (SSSR count). The van der Waals surface area contributed by atoms with Gasteiger partial charge in [0.15, 0.2) is 0 Å². The fraction of sp³-hybridized carbons (Fsp3) is 0.571. The second-order valence-corrected chi connectivity index (χ2v) is 7.41. The van der Waals surface area contributed by atoms with Crippen LogP contribution in [0.2, 0.25) is 0 Å². The minimum absolute atomic E-state index is 0.0781. The van der Waals surface area contributed by atoms with Crippen LogP contribution in [0.1, 0.15) is 31.2 Å². The molecule has 1 aromatic carbocycles. The molecular weight excluding hydrogens is 295 g/mol. The van der Waals surface area contributed by atoms with E-state index in [-0.39, 0.29) is 24.3 Å². The molecule has 21 heavy (non-hydrogen) atoms. The smallest absolute Gasteiger partial charge is 0.243 e. The van der Waals surface area contributed by atoms with Gasteiger partial charge in [-0.1, -0.05) is 6.42 Å². The van der Waals surface area contributed by atoms with Crippen molar-refractivity contribution in [3.63, 3.8) is 0 Å². The van der Waals surface area contributed by atoms with Gasteiger partial charge in [-0.05, 0) is 49.8 Å². The molecular formula is C14H21FN2O3S. The van der Waals surface area contributed by atoms with E-state index >= 15 is 0 Å². The minimum atomic E-state index is -3.93. The van der Waals surface area contributed by atoms with Gasteiger partial charge in [0.25, 0.3) is 0 Å². The molecule has 2 atom stereocenters. The monoisotopic (exact) mass is 316 g/mol. The quantitative estimate of drug-likeness (QED) is 0.735. The second-order valence-electron chi connectivity index (χ2n) is 5.68. The summed E-state index contributed by atoms with van der Waals surface area (Å²) in [5.74, 6) is -0.729. The molecule has 1 saturated carbocycles. The lowest BCUT2D eigenvalue weighted by molar-refractivity contribution is 0.102. The number of halogens is 1. The number of nitrogens with two attached hydrogens (primary N) is 1. The zero-order chi connectivity index (χ0) is 15.6. The number of aryl methyl sites for hydroxylation is 1. The molecule has 1 aromatic rings. The maximum atomic E-state index is 13.8. The van der Waals surface area contributed by atoms with E-state index < -0.39 is 20.7 Å². The Labute approximate surface area is 124 Å². The van der Waals surface area contributed by atoms with E-state index in [0.29, 0.717) is 12.0 Å². The molecule has 7 heteroatoms. The van der Waals surface area contributed by atoms with Crippen molar-refractivity contribution in [2.45, 2.75) is 43.6 Å². The number of aliphatic hydroxyl groups excluding tert-OH is 1. The van der Waals surface area contributed by atoms with Crippen LogP contribution in [0.5, 0.6) is 0 Å². The molecule has 5 nitrogen and oxygen atoms in total. The third-order valence-electron chi connectivity index (χ3n) is 3.93. The molecule has 0 aromatic heterocycles. The van der Waals surface area contributed by atoms with Gasteiger partial charge in [-0.3, -0.25) is 0 Å². The van der Waals surface area contributed by atoms with Crippen LogP contribution in [0.25, 0.3) is 0 Å². The SMILES string of the molecule is Cc1cc(F)c(S(=O)(=O)NCC2CCCC(O)C2)cc1N. The van der Waals surface area contributed by atoms with E-state index in [4.69, 9.17) is 5.73 Å². The Kier molecular flexibility index (Phi) is 4.85. The highest BCUT2D eigenvalue weighted by atomic mass is 32.2. The van der Waals surface area contributed by atoms with Crippen molar-refractivity contribution in [3.8, 4) is 0 Å². The average Bonchev–Trinajstić information content (AvgIpc) is 2.41. The molecule has 2 unspecified atom stereocenters. The van der Waals surface area contributed by atoms with Crippen LogP contribution < -0.4 is 10.5 Å². The van der Waals surface area contributed by atoms with Crippen LogP contribution in [0, 0.1) is 18.7 Å². The topological polar surface area (TPSA) is 92.4 Å². The van der Waals surface area contributed by atoms with Gasteiger partial charge in [0.05, 0.1) is 6.10 Å². The lowest BCUT2D eigenvalue weighted by atomic mass is 9.87. The number of hydrogen-bond donors (Lipinski definition) is 3. The van der Waals surface area contributed by atoms with E-state index in [9.17, 15) is 17.9 Å². The normalized spacial score (nSPS) is 23.2. The van der Waals surface area contributed by atoms with Gasteiger partial charge in [0, 0.05) is 12.2 Å². The summed E-state index contributed by atoms with van der Waals surface area (Å²) >= 11 is 0.